The average Bonchev–Trinajstić information content (AvgIpc) is 2.36. The van der Waals surface area contributed by atoms with E-state index in [2.05, 4.69) is 5.32 Å². The zero-order valence-corrected chi connectivity index (χ0v) is 13.1. The highest BCUT2D eigenvalue weighted by molar-refractivity contribution is 6.36. The number of halogens is 2. The molecule has 0 saturated heterocycles. The van der Waals surface area contributed by atoms with Crippen LogP contribution in [0.4, 0.5) is 0 Å². The molecule has 0 bridgehead atoms. The third-order valence-electron chi connectivity index (χ3n) is 2.87. The first-order chi connectivity index (χ1) is 9.29. The van der Waals surface area contributed by atoms with Crippen LogP contribution in [0.3, 0.4) is 0 Å². The quantitative estimate of drug-likeness (QED) is 0.817. The molecular formula is C14H17Cl2NO3. The van der Waals surface area contributed by atoms with Crippen molar-refractivity contribution < 1.29 is 14.3 Å². The number of carbonyl (C=O) groups is 2. The summed E-state index contributed by atoms with van der Waals surface area (Å²) in [7, 11) is 0. The molecule has 0 radical (unpaired) electrons. The summed E-state index contributed by atoms with van der Waals surface area (Å²) >= 11 is 11.7. The van der Waals surface area contributed by atoms with E-state index in [1.807, 2.05) is 20.8 Å². The van der Waals surface area contributed by atoms with Crippen LogP contribution in [0, 0.1) is 0 Å². The van der Waals surface area contributed by atoms with Gasteiger partial charge in [0.25, 0.3) is 5.91 Å². The molecule has 0 saturated carbocycles. The van der Waals surface area contributed by atoms with Gasteiger partial charge in [-0.2, -0.15) is 0 Å². The van der Waals surface area contributed by atoms with E-state index < -0.39 is 0 Å². The van der Waals surface area contributed by atoms with E-state index in [-0.39, 0.29) is 34.4 Å². The molecule has 1 aromatic carbocycles. The van der Waals surface area contributed by atoms with Crippen LogP contribution in [0.15, 0.2) is 12.1 Å². The van der Waals surface area contributed by atoms with Crippen LogP contribution in [-0.4, -0.2) is 24.3 Å². The Bertz CT molecular complexity index is 515. The Morgan fingerprint density at radius 1 is 1.40 bits per heavy atom. The third kappa shape index (κ3) is 4.69. The number of carbonyl (C=O) groups excluding carboxylic acids is 2. The molecule has 4 nitrogen and oxygen atoms in total. The number of benzene rings is 1. The van der Waals surface area contributed by atoms with Crippen LogP contribution in [0.2, 0.25) is 10.0 Å². The molecule has 6 heteroatoms. The summed E-state index contributed by atoms with van der Waals surface area (Å²) < 4.78 is 5.33. The molecule has 0 unspecified atom stereocenters. The first-order valence-corrected chi connectivity index (χ1v) is 6.92. The van der Waals surface area contributed by atoms with Gasteiger partial charge in [-0.25, -0.2) is 0 Å². The summed E-state index contributed by atoms with van der Waals surface area (Å²) in [6, 6.07) is 2.89. The molecule has 0 aliphatic rings. The molecule has 0 aliphatic heterocycles. The summed E-state index contributed by atoms with van der Waals surface area (Å²) in [5.41, 5.74) is -0.0948. The molecule has 0 heterocycles. The molecular weight excluding hydrogens is 301 g/mol. The van der Waals surface area contributed by atoms with Gasteiger partial charge in [0, 0.05) is 10.6 Å². The van der Waals surface area contributed by atoms with Crippen molar-refractivity contribution in [3.8, 4) is 5.75 Å². The van der Waals surface area contributed by atoms with Crippen molar-refractivity contribution in [1.29, 1.82) is 0 Å². The van der Waals surface area contributed by atoms with Gasteiger partial charge in [0.15, 0.2) is 12.9 Å². The summed E-state index contributed by atoms with van der Waals surface area (Å²) in [6.45, 7) is 5.58. The first-order valence-electron chi connectivity index (χ1n) is 6.17. The highest BCUT2D eigenvalue weighted by Gasteiger charge is 2.19. The van der Waals surface area contributed by atoms with Gasteiger partial charge in [0.2, 0.25) is 0 Å². The minimum atomic E-state index is -0.308. The van der Waals surface area contributed by atoms with Gasteiger partial charge in [0.1, 0.15) is 5.75 Å². The lowest BCUT2D eigenvalue weighted by Crippen LogP contribution is -2.44. The second kappa shape index (κ2) is 6.95. The number of ether oxygens (including phenoxy) is 1. The maximum atomic E-state index is 11.8. The standard InChI is InChI=1S/C14H17Cl2NO3/c1-4-14(2,3)17-12(19)8-20-13-9(7-18)5-10(15)6-11(13)16/h5-7H,4,8H2,1-3H3,(H,17,19). The molecule has 1 aromatic rings. The predicted octanol–water partition coefficient (Wildman–Crippen LogP) is 3.49. The maximum absolute atomic E-state index is 11.8. The van der Waals surface area contributed by atoms with Gasteiger partial charge in [-0.05, 0) is 32.4 Å². The van der Waals surface area contributed by atoms with E-state index in [1.165, 1.54) is 12.1 Å². The SMILES string of the molecule is CCC(C)(C)NC(=O)COc1c(Cl)cc(Cl)cc1C=O. The average molecular weight is 318 g/mol. The van der Waals surface area contributed by atoms with Crippen molar-refractivity contribution in [3.05, 3.63) is 27.7 Å². The molecule has 0 aliphatic carbocycles. The van der Waals surface area contributed by atoms with E-state index in [4.69, 9.17) is 27.9 Å². The molecule has 1 rings (SSSR count). The second-order valence-electron chi connectivity index (χ2n) is 5.00. The van der Waals surface area contributed by atoms with E-state index in [9.17, 15) is 9.59 Å². The van der Waals surface area contributed by atoms with Crippen molar-refractivity contribution in [3.63, 3.8) is 0 Å². The normalized spacial score (nSPS) is 11.1. The van der Waals surface area contributed by atoms with Crippen LogP contribution < -0.4 is 10.1 Å². The third-order valence-corrected chi connectivity index (χ3v) is 3.37. The number of rotatable bonds is 6. The highest BCUT2D eigenvalue weighted by Crippen LogP contribution is 2.31. The van der Waals surface area contributed by atoms with E-state index in [1.54, 1.807) is 0 Å². The Kier molecular flexibility index (Phi) is 5.84. The smallest absolute Gasteiger partial charge is 0.258 e. The molecule has 0 fully saturated rings. The highest BCUT2D eigenvalue weighted by atomic mass is 35.5. The minimum absolute atomic E-state index is 0.163. The van der Waals surface area contributed by atoms with Crippen LogP contribution >= 0.6 is 23.2 Å². The van der Waals surface area contributed by atoms with Crippen molar-refractivity contribution in [1.82, 2.24) is 5.32 Å². The van der Waals surface area contributed by atoms with Gasteiger partial charge in [-0.3, -0.25) is 9.59 Å². The summed E-state index contributed by atoms with van der Waals surface area (Å²) in [5, 5.41) is 3.35. The molecule has 110 valence electrons. The van der Waals surface area contributed by atoms with Gasteiger partial charge >= 0.3 is 0 Å². The number of hydrogen-bond acceptors (Lipinski definition) is 3. The van der Waals surface area contributed by atoms with Crippen molar-refractivity contribution >= 4 is 35.4 Å². The minimum Gasteiger partial charge on any atom is -0.481 e. The Morgan fingerprint density at radius 2 is 2.05 bits per heavy atom. The van der Waals surface area contributed by atoms with E-state index >= 15 is 0 Å². The zero-order valence-electron chi connectivity index (χ0n) is 11.6. The van der Waals surface area contributed by atoms with E-state index in [0.717, 1.165) is 6.42 Å². The number of nitrogens with one attached hydrogen (secondary N) is 1. The molecule has 1 N–H and O–H groups in total. The lowest BCUT2D eigenvalue weighted by atomic mass is 10.0. The molecule has 1 amide bonds. The fourth-order valence-corrected chi connectivity index (χ4v) is 2.02. The Labute approximate surface area is 128 Å². The van der Waals surface area contributed by atoms with Crippen LogP contribution in [0.25, 0.3) is 0 Å². The van der Waals surface area contributed by atoms with Gasteiger partial charge in [-0.1, -0.05) is 30.1 Å². The Balaban J connectivity index is 2.76. The lowest BCUT2D eigenvalue weighted by Gasteiger charge is -2.24. The number of amides is 1. The van der Waals surface area contributed by atoms with Crippen LogP contribution in [0.1, 0.15) is 37.6 Å². The predicted molar refractivity (Wildman–Crippen MR) is 79.9 cm³/mol. The monoisotopic (exact) mass is 317 g/mol. The van der Waals surface area contributed by atoms with E-state index in [0.29, 0.717) is 11.3 Å². The number of hydrogen-bond donors (Lipinski definition) is 1. The fourth-order valence-electron chi connectivity index (χ4n) is 1.46. The lowest BCUT2D eigenvalue weighted by molar-refractivity contribution is -0.124. The van der Waals surface area contributed by atoms with Crippen molar-refractivity contribution in [2.75, 3.05) is 6.61 Å². The summed E-state index contributed by atoms with van der Waals surface area (Å²) in [4.78, 5) is 22.7. The van der Waals surface area contributed by atoms with Crippen LogP contribution in [0.5, 0.6) is 5.75 Å². The van der Waals surface area contributed by atoms with Gasteiger partial charge in [-0.15, -0.1) is 0 Å². The molecule has 0 atom stereocenters. The van der Waals surface area contributed by atoms with Crippen LogP contribution in [-0.2, 0) is 4.79 Å². The Hall–Kier alpha value is -1.26. The van der Waals surface area contributed by atoms with Gasteiger partial charge in [0.05, 0.1) is 10.6 Å². The largest absolute Gasteiger partial charge is 0.481 e. The number of aldehydes is 1. The maximum Gasteiger partial charge on any atom is 0.258 e. The zero-order chi connectivity index (χ0) is 15.3. The first kappa shape index (κ1) is 16.8. The molecule has 0 aromatic heterocycles. The topological polar surface area (TPSA) is 55.4 Å². The Morgan fingerprint density at radius 3 is 2.60 bits per heavy atom. The fraction of sp³-hybridized carbons (Fsp3) is 0.429. The summed E-state index contributed by atoms with van der Waals surface area (Å²) in [5.74, 6) is -0.116. The summed E-state index contributed by atoms with van der Waals surface area (Å²) in [6.07, 6.45) is 1.38. The van der Waals surface area contributed by atoms with Gasteiger partial charge < -0.3 is 10.1 Å². The van der Waals surface area contributed by atoms with Crippen molar-refractivity contribution in [2.45, 2.75) is 32.7 Å². The molecule has 20 heavy (non-hydrogen) atoms. The molecule has 0 spiro atoms. The van der Waals surface area contributed by atoms with Crippen molar-refractivity contribution in [2.24, 2.45) is 0 Å². The second-order valence-corrected chi connectivity index (χ2v) is 5.84.